The van der Waals surface area contributed by atoms with E-state index >= 15 is 0 Å². The topological polar surface area (TPSA) is 110 Å². The van der Waals surface area contributed by atoms with Gasteiger partial charge in [-0.3, -0.25) is 14.4 Å². The molecule has 9 heteroatoms. The number of ether oxygens (including phenoxy) is 1. The van der Waals surface area contributed by atoms with Crippen molar-refractivity contribution in [2.75, 3.05) is 23.5 Å². The summed E-state index contributed by atoms with van der Waals surface area (Å²) in [6, 6.07) is 36.0. The Kier molecular flexibility index (Phi) is 9.91. The molecule has 0 unspecified atom stereocenters. The van der Waals surface area contributed by atoms with Gasteiger partial charge < -0.3 is 25.1 Å². The standard InChI is InChI=1S/C35H29N3O5S/c1-42-28-16-12-26(13-17-28)36-33(39)23-44-30-19-14-27(15-20-30)37-35(41)31(38-34(40)25-10-6-3-7-11-25)22-29-18-21-32(43-29)24-8-4-2-5-9-24/h2-22H,23H2,1H3,(H,36,39)(H,37,41)(H,38,40)/b31-22-. The van der Waals surface area contributed by atoms with Crippen LogP contribution in [0.25, 0.3) is 17.4 Å². The summed E-state index contributed by atoms with van der Waals surface area (Å²) in [5, 5.41) is 8.40. The minimum Gasteiger partial charge on any atom is -0.497 e. The van der Waals surface area contributed by atoms with Gasteiger partial charge in [-0.25, -0.2) is 0 Å². The van der Waals surface area contributed by atoms with Crippen molar-refractivity contribution in [3.63, 3.8) is 0 Å². The van der Waals surface area contributed by atoms with Crippen molar-refractivity contribution in [2.45, 2.75) is 4.90 Å². The number of nitrogens with one attached hydrogen (secondary N) is 3. The summed E-state index contributed by atoms with van der Waals surface area (Å²) in [5.74, 6) is 0.870. The van der Waals surface area contributed by atoms with Crippen LogP contribution in [0.15, 0.2) is 136 Å². The molecule has 0 radical (unpaired) electrons. The van der Waals surface area contributed by atoms with Crippen LogP contribution in [0.4, 0.5) is 11.4 Å². The van der Waals surface area contributed by atoms with Crippen LogP contribution < -0.4 is 20.7 Å². The fourth-order valence-electron chi connectivity index (χ4n) is 4.13. The van der Waals surface area contributed by atoms with Crippen molar-refractivity contribution in [3.05, 3.63) is 138 Å². The molecule has 0 aliphatic carbocycles. The van der Waals surface area contributed by atoms with E-state index in [1.54, 1.807) is 73.8 Å². The molecular formula is C35H29N3O5S. The zero-order valence-corrected chi connectivity index (χ0v) is 24.6. The summed E-state index contributed by atoms with van der Waals surface area (Å²) in [5.41, 5.74) is 2.52. The summed E-state index contributed by atoms with van der Waals surface area (Å²) in [6.07, 6.45) is 1.49. The van der Waals surface area contributed by atoms with Crippen LogP contribution in [-0.2, 0) is 9.59 Å². The molecule has 0 atom stereocenters. The minimum absolute atomic E-state index is 0.0152. The molecule has 4 aromatic carbocycles. The fourth-order valence-corrected chi connectivity index (χ4v) is 4.82. The highest BCUT2D eigenvalue weighted by molar-refractivity contribution is 8.00. The van der Waals surface area contributed by atoms with E-state index < -0.39 is 11.8 Å². The molecular weight excluding hydrogens is 574 g/mol. The molecule has 220 valence electrons. The average molecular weight is 604 g/mol. The molecule has 1 heterocycles. The summed E-state index contributed by atoms with van der Waals surface area (Å²) >= 11 is 1.37. The monoisotopic (exact) mass is 603 g/mol. The highest BCUT2D eigenvalue weighted by Crippen LogP contribution is 2.24. The van der Waals surface area contributed by atoms with E-state index in [1.807, 2.05) is 54.6 Å². The number of benzene rings is 4. The van der Waals surface area contributed by atoms with Gasteiger partial charge in [0.1, 0.15) is 23.0 Å². The minimum atomic E-state index is -0.522. The number of furan rings is 1. The van der Waals surface area contributed by atoms with E-state index in [0.717, 1.165) is 10.5 Å². The fraction of sp³-hybridized carbons (Fsp3) is 0.0571. The normalized spacial score (nSPS) is 11.0. The van der Waals surface area contributed by atoms with Crippen molar-refractivity contribution >= 4 is 46.9 Å². The third kappa shape index (κ3) is 8.27. The van der Waals surface area contributed by atoms with Crippen LogP contribution >= 0.6 is 11.8 Å². The summed E-state index contributed by atoms with van der Waals surface area (Å²) in [6.45, 7) is 0. The first-order chi connectivity index (χ1) is 21.5. The molecule has 5 aromatic rings. The average Bonchev–Trinajstić information content (AvgIpc) is 3.54. The lowest BCUT2D eigenvalue weighted by atomic mass is 10.2. The number of carbonyl (C=O) groups excluding carboxylic acids is 3. The summed E-state index contributed by atoms with van der Waals surface area (Å²) in [4.78, 5) is 39.5. The number of thioether (sulfide) groups is 1. The Morgan fingerprint density at radius 1 is 0.750 bits per heavy atom. The Bertz CT molecular complexity index is 1750. The zero-order valence-electron chi connectivity index (χ0n) is 23.8. The van der Waals surface area contributed by atoms with E-state index in [0.29, 0.717) is 34.2 Å². The van der Waals surface area contributed by atoms with E-state index in [-0.39, 0.29) is 17.4 Å². The molecule has 8 nitrogen and oxygen atoms in total. The largest absolute Gasteiger partial charge is 0.497 e. The van der Waals surface area contributed by atoms with E-state index in [2.05, 4.69) is 16.0 Å². The van der Waals surface area contributed by atoms with Crippen LogP contribution in [0, 0.1) is 0 Å². The SMILES string of the molecule is COc1ccc(NC(=O)CSc2ccc(NC(=O)/C(=C/c3ccc(-c4ccccc4)o3)NC(=O)c3ccccc3)cc2)cc1. The predicted octanol–water partition coefficient (Wildman–Crippen LogP) is 7.10. The Balaban J connectivity index is 1.24. The second-order valence-electron chi connectivity index (χ2n) is 9.49. The lowest BCUT2D eigenvalue weighted by Gasteiger charge is -2.11. The highest BCUT2D eigenvalue weighted by Gasteiger charge is 2.16. The molecule has 1 aromatic heterocycles. The molecule has 3 amide bonds. The van der Waals surface area contributed by atoms with E-state index in [9.17, 15) is 14.4 Å². The van der Waals surface area contributed by atoms with Gasteiger partial charge in [-0.05, 0) is 72.8 Å². The number of hydrogen-bond acceptors (Lipinski definition) is 6. The molecule has 3 N–H and O–H groups in total. The lowest BCUT2D eigenvalue weighted by Crippen LogP contribution is -2.30. The second kappa shape index (κ2) is 14.6. The van der Waals surface area contributed by atoms with Gasteiger partial charge in [0, 0.05) is 33.5 Å². The first-order valence-electron chi connectivity index (χ1n) is 13.7. The van der Waals surface area contributed by atoms with Gasteiger partial charge in [-0.2, -0.15) is 0 Å². The first kappa shape index (κ1) is 29.9. The van der Waals surface area contributed by atoms with E-state index in [4.69, 9.17) is 9.15 Å². The smallest absolute Gasteiger partial charge is 0.272 e. The number of rotatable bonds is 11. The van der Waals surface area contributed by atoms with E-state index in [1.165, 1.54) is 17.8 Å². The van der Waals surface area contributed by atoms with Gasteiger partial charge in [0.25, 0.3) is 11.8 Å². The second-order valence-corrected chi connectivity index (χ2v) is 10.5. The Hall–Kier alpha value is -5.54. The Morgan fingerprint density at radius 2 is 1.39 bits per heavy atom. The quantitative estimate of drug-likeness (QED) is 0.110. The Labute approximate surface area is 259 Å². The first-order valence-corrected chi connectivity index (χ1v) is 14.7. The highest BCUT2D eigenvalue weighted by atomic mass is 32.2. The number of amides is 3. The number of carbonyl (C=O) groups is 3. The maximum absolute atomic E-state index is 13.4. The maximum Gasteiger partial charge on any atom is 0.272 e. The van der Waals surface area contributed by atoms with Gasteiger partial charge in [-0.1, -0.05) is 48.5 Å². The molecule has 0 aliphatic rings. The molecule has 0 spiro atoms. The van der Waals surface area contributed by atoms with Crippen molar-refractivity contribution in [1.29, 1.82) is 0 Å². The molecule has 5 rings (SSSR count). The van der Waals surface area contributed by atoms with Crippen molar-refractivity contribution in [3.8, 4) is 17.1 Å². The maximum atomic E-state index is 13.4. The van der Waals surface area contributed by atoms with Gasteiger partial charge in [0.2, 0.25) is 5.91 Å². The van der Waals surface area contributed by atoms with Gasteiger partial charge in [0.05, 0.1) is 12.9 Å². The van der Waals surface area contributed by atoms with Crippen LogP contribution in [0.2, 0.25) is 0 Å². The molecule has 0 bridgehead atoms. The zero-order chi connectivity index (χ0) is 30.7. The number of methoxy groups -OCH3 is 1. The van der Waals surface area contributed by atoms with Crippen molar-refractivity contribution in [1.82, 2.24) is 5.32 Å². The molecule has 44 heavy (non-hydrogen) atoms. The molecule has 0 saturated carbocycles. The Morgan fingerprint density at radius 3 is 2.07 bits per heavy atom. The predicted molar refractivity (Wildman–Crippen MR) is 173 cm³/mol. The molecule has 0 fully saturated rings. The van der Waals surface area contributed by atoms with Crippen molar-refractivity contribution < 1.29 is 23.5 Å². The third-order valence-electron chi connectivity index (χ3n) is 6.36. The summed E-state index contributed by atoms with van der Waals surface area (Å²) in [7, 11) is 1.59. The van der Waals surface area contributed by atoms with Gasteiger partial charge in [0.15, 0.2) is 0 Å². The van der Waals surface area contributed by atoms with Crippen molar-refractivity contribution in [2.24, 2.45) is 0 Å². The number of anilines is 2. The van der Waals surface area contributed by atoms with Crippen LogP contribution in [0.1, 0.15) is 16.1 Å². The third-order valence-corrected chi connectivity index (χ3v) is 7.37. The van der Waals surface area contributed by atoms with Crippen LogP contribution in [-0.4, -0.2) is 30.6 Å². The van der Waals surface area contributed by atoms with Gasteiger partial charge >= 0.3 is 0 Å². The van der Waals surface area contributed by atoms with Crippen LogP contribution in [0.5, 0.6) is 5.75 Å². The van der Waals surface area contributed by atoms with Gasteiger partial charge in [-0.15, -0.1) is 11.8 Å². The lowest BCUT2D eigenvalue weighted by molar-refractivity contribution is -0.114. The molecule has 0 saturated heterocycles. The summed E-state index contributed by atoms with van der Waals surface area (Å²) < 4.78 is 11.1. The number of hydrogen-bond donors (Lipinski definition) is 3. The molecule has 0 aliphatic heterocycles. The van der Waals surface area contributed by atoms with Crippen LogP contribution in [0.3, 0.4) is 0 Å².